The maximum atomic E-state index is 3.61. The number of hydrogen-bond acceptors (Lipinski definition) is 3. The maximum Gasteiger partial charge on any atom is 0.0368 e. The zero-order chi connectivity index (χ0) is 13.0. The second-order valence-electron chi connectivity index (χ2n) is 5.30. The monoisotopic (exact) mass is 247 g/mol. The normalized spacial score (nSPS) is 19.3. The minimum Gasteiger partial charge on any atom is -0.378 e. The van der Waals surface area contributed by atoms with Crippen LogP contribution in [0, 0.1) is 0 Å². The van der Waals surface area contributed by atoms with Crippen LogP contribution >= 0.6 is 0 Å². The van der Waals surface area contributed by atoms with Gasteiger partial charge in [-0.15, -0.1) is 0 Å². The molecule has 1 aromatic carbocycles. The maximum absolute atomic E-state index is 3.61. The van der Waals surface area contributed by atoms with Crippen LogP contribution in [-0.4, -0.2) is 39.8 Å². The summed E-state index contributed by atoms with van der Waals surface area (Å²) in [6, 6.07) is 9.53. The van der Waals surface area contributed by atoms with Gasteiger partial charge >= 0.3 is 0 Å². The van der Waals surface area contributed by atoms with Crippen molar-refractivity contribution in [1.29, 1.82) is 0 Å². The first-order valence-corrected chi connectivity index (χ1v) is 6.96. The van der Waals surface area contributed by atoms with Crippen molar-refractivity contribution in [1.82, 2.24) is 5.32 Å². The van der Waals surface area contributed by atoms with Crippen LogP contribution in [0.4, 0.5) is 11.4 Å². The molecule has 1 fully saturated rings. The lowest BCUT2D eigenvalue weighted by Crippen LogP contribution is -2.32. The van der Waals surface area contributed by atoms with Gasteiger partial charge in [-0.2, -0.15) is 0 Å². The van der Waals surface area contributed by atoms with Crippen LogP contribution in [0.2, 0.25) is 0 Å². The van der Waals surface area contributed by atoms with E-state index in [4.69, 9.17) is 0 Å². The largest absolute Gasteiger partial charge is 0.378 e. The summed E-state index contributed by atoms with van der Waals surface area (Å²) in [4.78, 5) is 4.62. The van der Waals surface area contributed by atoms with Gasteiger partial charge in [0.05, 0.1) is 0 Å². The molecule has 3 nitrogen and oxygen atoms in total. The Morgan fingerprint density at radius 3 is 2.61 bits per heavy atom. The summed E-state index contributed by atoms with van der Waals surface area (Å²) in [6.45, 7) is 5.67. The quantitative estimate of drug-likeness (QED) is 0.861. The molecule has 1 aliphatic rings. The fourth-order valence-electron chi connectivity index (χ4n) is 2.47. The van der Waals surface area contributed by atoms with Gasteiger partial charge in [-0.25, -0.2) is 0 Å². The molecule has 0 aromatic heterocycles. The van der Waals surface area contributed by atoms with Gasteiger partial charge in [0.2, 0.25) is 0 Å². The third-order valence-corrected chi connectivity index (χ3v) is 3.60. The summed E-state index contributed by atoms with van der Waals surface area (Å²) in [6.07, 6.45) is 2.48. The first kappa shape index (κ1) is 13.2. The molecule has 0 aliphatic carbocycles. The van der Waals surface area contributed by atoms with Crippen molar-refractivity contribution in [2.45, 2.75) is 25.8 Å². The number of benzene rings is 1. The Balaban J connectivity index is 1.92. The summed E-state index contributed by atoms with van der Waals surface area (Å²) in [5, 5.41) is 3.61. The van der Waals surface area contributed by atoms with E-state index in [0.29, 0.717) is 6.04 Å². The lowest BCUT2D eigenvalue weighted by Gasteiger charge is -2.20. The number of rotatable bonds is 5. The highest BCUT2D eigenvalue weighted by Crippen LogP contribution is 2.23. The van der Waals surface area contributed by atoms with E-state index in [-0.39, 0.29) is 0 Å². The zero-order valence-corrected chi connectivity index (χ0v) is 11.8. The molecule has 0 bridgehead atoms. The van der Waals surface area contributed by atoms with Crippen molar-refractivity contribution in [3.63, 3.8) is 0 Å². The molecule has 0 spiro atoms. The highest BCUT2D eigenvalue weighted by molar-refractivity contribution is 5.56. The van der Waals surface area contributed by atoms with Crippen molar-refractivity contribution in [2.24, 2.45) is 0 Å². The number of anilines is 2. The summed E-state index contributed by atoms with van der Waals surface area (Å²) in [7, 11) is 4.16. The fourth-order valence-corrected chi connectivity index (χ4v) is 2.47. The average Bonchev–Trinajstić information content (AvgIpc) is 2.85. The molecule has 1 aliphatic heterocycles. The summed E-state index contributed by atoms with van der Waals surface area (Å²) < 4.78 is 0. The predicted octanol–water partition coefficient (Wildman–Crippen LogP) is 2.33. The molecule has 18 heavy (non-hydrogen) atoms. The molecule has 1 saturated heterocycles. The number of hydrogen-bond donors (Lipinski definition) is 1. The zero-order valence-electron chi connectivity index (χ0n) is 11.8. The van der Waals surface area contributed by atoms with Gasteiger partial charge in [-0.3, -0.25) is 0 Å². The van der Waals surface area contributed by atoms with Gasteiger partial charge < -0.3 is 15.1 Å². The third kappa shape index (κ3) is 3.16. The van der Waals surface area contributed by atoms with Crippen molar-refractivity contribution in [2.75, 3.05) is 43.5 Å². The highest BCUT2D eigenvalue weighted by Gasteiger charge is 2.21. The smallest absolute Gasteiger partial charge is 0.0368 e. The second-order valence-corrected chi connectivity index (χ2v) is 5.30. The van der Waals surface area contributed by atoms with Crippen molar-refractivity contribution >= 4 is 11.4 Å². The highest BCUT2D eigenvalue weighted by atomic mass is 15.2. The van der Waals surface area contributed by atoms with E-state index >= 15 is 0 Å². The summed E-state index contributed by atoms with van der Waals surface area (Å²) >= 11 is 0. The lowest BCUT2D eigenvalue weighted by atomic mass is 10.2. The molecule has 0 radical (unpaired) electrons. The summed E-state index contributed by atoms with van der Waals surface area (Å²) in [5.74, 6) is 0. The molecule has 1 unspecified atom stereocenters. The minimum atomic E-state index is 0.665. The number of nitrogens with one attached hydrogen (secondary N) is 1. The Bertz CT molecular complexity index is 359. The Morgan fingerprint density at radius 2 is 2.00 bits per heavy atom. The van der Waals surface area contributed by atoms with Gasteiger partial charge in [0.15, 0.2) is 0 Å². The van der Waals surface area contributed by atoms with Crippen LogP contribution in [0.15, 0.2) is 24.3 Å². The Hall–Kier alpha value is -1.22. The van der Waals surface area contributed by atoms with Gasteiger partial charge in [0.25, 0.3) is 0 Å². The van der Waals surface area contributed by atoms with Crippen molar-refractivity contribution in [3.8, 4) is 0 Å². The molecular weight excluding hydrogens is 222 g/mol. The number of nitrogens with zero attached hydrogens (tertiary/aromatic N) is 2. The Labute approximate surface area is 111 Å². The van der Waals surface area contributed by atoms with E-state index in [2.05, 4.69) is 60.4 Å². The minimum absolute atomic E-state index is 0.665. The van der Waals surface area contributed by atoms with Crippen LogP contribution < -0.4 is 15.1 Å². The van der Waals surface area contributed by atoms with E-state index in [1.165, 1.54) is 30.8 Å². The fraction of sp³-hybridized carbons (Fsp3) is 0.600. The van der Waals surface area contributed by atoms with Crippen LogP contribution in [0.25, 0.3) is 0 Å². The molecule has 2 rings (SSSR count). The van der Waals surface area contributed by atoms with Crippen LogP contribution in [0.1, 0.15) is 19.8 Å². The van der Waals surface area contributed by atoms with E-state index in [0.717, 1.165) is 13.1 Å². The first-order chi connectivity index (χ1) is 8.70. The van der Waals surface area contributed by atoms with E-state index in [9.17, 15) is 0 Å². The van der Waals surface area contributed by atoms with Crippen LogP contribution in [-0.2, 0) is 0 Å². The molecule has 1 atom stereocenters. The molecule has 1 aromatic rings. The van der Waals surface area contributed by atoms with Crippen molar-refractivity contribution < 1.29 is 0 Å². The van der Waals surface area contributed by atoms with Gasteiger partial charge in [0.1, 0.15) is 0 Å². The molecule has 3 heteroatoms. The van der Waals surface area contributed by atoms with E-state index in [1.807, 2.05) is 0 Å². The van der Waals surface area contributed by atoms with Gasteiger partial charge in [-0.05, 0) is 43.7 Å². The predicted molar refractivity (Wildman–Crippen MR) is 79.7 cm³/mol. The average molecular weight is 247 g/mol. The van der Waals surface area contributed by atoms with Gasteiger partial charge in [0, 0.05) is 44.6 Å². The van der Waals surface area contributed by atoms with Gasteiger partial charge in [-0.1, -0.05) is 6.92 Å². The Kier molecular flexibility index (Phi) is 4.48. The molecule has 1 heterocycles. The lowest BCUT2D eigenvalue weighted by molar-refractivity contribution is 0.549. The first-order valence-electron chi connectivity index (χ1n) is 6.96. The molecular formula is C15H25N3. The summed E-state index contributed by atoms with van der Waals surface area (Å²) in [5.41, 5.74) is 2.61. The van der Waals surface area contributed by atoms with Crippen molar-refractivity contribution in [3.05, 3.63) is 24.3 Å². The third-order valence-electron chi connectivity index (χ3n) is 3.60. The molecule has 0 amide bonds. The standard InChI is InChI=1S/C15H25N3/c1-4-10-16-13-9-11-18(12-13)15-7-5-14(6-8-15)17(2)3/h5-8,13,16H,4,9-12H2,1-3H3. The molecule has 100 valence electrons. The topological polar surface area (TPSA) is 18.5 Å². The SMILES string of the molecule is CCCNC1CCN(c2ccc(N(C)C)cc2)C1. The molecule has 1 N–H and O–H groups in total. The van der Waals surface area contributed by atoms with Crippen LogP contribution in [0.5, 0.6) is 0 Å². The van der Waals surface area contributed by atoms with Crippen LogP contribution in [0.3, 0.4) is 0 Å². The second kappa shape index (κ2) is 6.10. The molecule has 0 saturated carbocycles. The van der Waals surface area contributed by atoms with E-state index < -0.39 is 0 Å². The Morgan fingerprint density at radius 1 is 1.28 bits per heavy atom. The van der Waals surface area contributed by atoms with E-state index in [1.54, 1.807) is 0 Å².